The van der Waals surface area contributed by atoms with E-state index in [2.05, 4.69) is 48.1 Å². The summed E-state index contributed by atoms with van der Waals surface area (Å²) in [4.78, 5) is 19.6. The van der Waals surface area contributed by atoms with Crippen LogP contribution >= 0.6 is 11.6 Å². The first-order chi connectivity index (χ1) is 13.1. The van der Waals surface area contributed by atoms with E-state index in [1.165, 1.54) is 5.56 Å². The predicted octanol–water partition coefficient (Wildman–Crippen LogP) is 5.14. The van der Waals surface area contributed by atoms with Crippen LogP contribution in [0.2, 0.25) is 5.02 Å². The lowest BCUT2D eigenvalue weighted by Gasteiger charge is -2.50. The van der Waals surface area contributed by atoms with Crippen molar-refractivity contribution in [1.29, 1.82) is 0 Å². The molecule has 0 atom stereocenters. The van der Waals surface area contributed by atoms with E-state index >= 15 is 0 Å². The fourth-order valence-electron chi connectivity index (χ4n) is 4.15. The smallest absolute Gasteiger partial charge is 0.315 e. The van der Waals surface area contributed by atoms with E-state index in [4.69, 9.17) is 11.6 Å². The molecule has 1 saturated heterocycles. The van der Waals surface area contributed by atoms with Crippen LogP contribution in [0.25, 0.3) is 0 Å². The van der Waals surface area contributed by atoms with Crippen LogP contribution in [-0.2, 0) is 6.54 Å². The summed E-state index contributed by atoms with van der Waals surface area (Å²) in [7, 11) is 0. The van der Waals surface area contributed by atoms with E-state index in [0.29, 0.717) is 0 Å². The third-order valence-electron chi connectivity index (χ3n) is 5.82. The number of carbonyl (C=O) groups excluding carboxylic acids is 1. The summed E-state index contributed by atoms with van der Waals surface area (Å²) < 4.78 is 0. The van der Waals surface area contributed by atoms with Crippen LogP contribution in [0.15, 0.2) is 36.5 Å². The van der Waals surface area contributed by atoms with Crippen molar-refractivity contribution in [3.8, 4) is 0 Å². The van der Waals surface area contributed by atoms with E-state index in [0.717, 1.165) is 69.9 Å². The summed E-state index contributed by atoms with van der Waals surface area (Å²) in [5, 5.41) is 0.782. The van der Waals surface area contributed by atoms with Crippen LogP contribution in [0.4, 0.5) is 4.79 Å². The zero-order valence-corrected chi connectivity index (χ0v) is 17.4. The highest BCUT2D eigenvalue weighted by atomic mass is 35.5. The molecule has 148 valence electrons. The third kappa shape index (κ3) is 4.67. The Bertz CT molecular complexity index is 650. The van der Waals surface area contributed by atoms with Gasteiger partial charge in [0.1, 0.15) is 0 Å². The Labute approximate surface area is 168 Å². The molecule has 1 aromatic carbocycles. The van der Waals surface area contributed by atoms with Gasteiger partial charge in [-0.1, -0.05) is 44.0 Å². The topological polar surface area (TPSA) is 26.8 Å². The molecular weight excluding hydrogens is 358 g/mol. The van der Waals surface area contributed by atoms with Crippen LogP contribution < -0.4 is 0 Å². The number of benzene rings is 1. The number of hydrogen-bond donors (Lipinski definition) is 0. The molecule has 2 aliphatic heterocycles. The van der Waals surface area contributed by atoms with Gasteiger partial charge in [-0.05, 0) is 49.5 Å². The second-order valence-electron chi connectivity index (χ2n) is 7.80. The van der Waals surface area contributed by atoms with Gasteiger partial charge in [-0.25, -0.2) is 4.79 Å². The van der Waals surface area contributed by atoms with Gasteiger partial charge < -0.3 is 9.80 Å². The number of unbranched alkanes of at least 4 members (excludes halogenated alkanes) is 1. The van der Waals surface area contributed by atoms with Crippen molar-refractivity contribution in [1.82, 2.24) is 14.7 Å². The van der Waals surface area contributed by atoms with Gasteiger partial charge >= 0.3 is 6.03 Å². The lowest BCUT2D eigenvalue weighted by atomic mass is 9.84. The van der Waals surface area contributed by atoms with E-state index in [9.17, 15) is 4.79 Å². The summed E-state index contributed by atoms with van der Waals surface area (Å²) in [6, 6.07) is 8.31. The molecule has 1 aromatic rings. The Morgan fingerprint density at radius 3 is 2.37 bits per heavy atom. The molecule has 0 aliphatic carbocycles. The molecule has 27 heavy (non-hydrogen) atoms. The van der Waals surface area contributed by atoms with Gasteiger partial charge in [0.25, 0.3) is 0 Å². The Kier molecular flexibility index (Phi) is 6.83. The number of carbonyl (C=O) groups is 1. The number of rotatable bonds is 7. The second kappa shape index (κ2) is 9.11. The molecule has 2 heterocycles. The van der Waals surface area contributed by atoms with Crippen LogP contribution in [0.3, 0.4) is 0 Å². The average Bonchev–Trinajstić information content (AvgIpc) is 2.68. The largest absolute Gasteiger partial charge is 0.324 e. The van der Waals surface area contributed by atoms with E-state index in [-0.39, 0.29) is 11.6 Å². The zero-order chi connectivity index (χ0) is 19.3. The molecule has 0 bridgehead atoms. The van der Waals surface area contributed by atoms with Crippen molar-refractivity contribution >= 4 is 17.6 Å². The normalized spacial score (nSPS) is 19.9. The molecule has 0 saturated carbocycles. The third-order valence-corrected chi connectivity index (χ3v) is 6.07. The van der Waals surface area contributed by atoms with E-state index in [1.807, 2.05) is 17.0 Å². The van der Waals surface area contributed by atoms with Crippen molar-refractivity contribution in [3.63, 3.8) is 0 Å². The summed E-state index contributed by atoms with van der Waals surface area (Å²) in [6.07, 6.45) is 9.53. The summed E-state index contributed by atoms with van der Waals surface area (Å²) in [6.45, 7) is 8.95. The molecule has 1 fully saturated rings. The molecule has 1 spiro atoms. The molecular formula is C22H32ClN3O. The van der Waals surface area contributed by atoms with Gasteiger partial charge in [-0.3, -0.25) is 4.90 Å². The van der Waals surface area contributed by atoms with E-state index in [1.54, 1.807) is 0 Å². The maximum atomic E-state index is 13.1. The monoisotopic (exact) mass is 389 g/mol. The Morgan fingerprint density at radius 1 is 1.04 bits per heavy atom. The number of piperidine rings is 1. The molecule has 5 heteroatoms. The average molecular weight is 390 g/mol. The second-order valence-corrected chi connectivity index (χ2v) is 8.24. The zero-order valence-electron chi connectivity index (χ0n) is 16.7. The quantitative estimate of drug-likeness (QED) is 0.645. The highest BCUT2D eigenvalue weighted by Gasteiger charge is 2.43. The minimum atomic E-state index is -0.105. The Balaban J connectivity index is 1.66. The van der Waals surface area contributed by atoms with Crippen LogP contribution in [-0.4, -0.2) is 52.4 Å². The molecule has 2 aliphatic rings. The van der Waals surface area contributed by atoms with Gasteiger partial charge in [-0.15, -0.1) is 0 Å². The molecule has 0 unspecified atom stereocenters. The first kappa shape index (κ1) is 20.2. The minimum Gasteiger partial charge on any atom is -0.315 e. The standard InChI is InChI=1S/C22H32ClN3O/c1-3-5-14-25-17-12-22(26(13-4-2)21(25)27)10-15-24(16-11-22)18-19-6-8-20(23)9-7-19/h6-9,12,17H,3-5,10-11,13-16,18H2,1-2H3. The van der Waals surface area contributed by atoms with Crippen LogP contribution in [0.1, 0.15) is 51.5 Å². The van der Waals surface area contributed by atoms with Gasteiger partial charge in [0.15, 0.2) is 0 Å². The van der Waals surface area contributed by atoms with Crippen molar-refractivity contribution < 1.29 is 4.79 Å². The lowest BCUT2D eigenvalue weighted by molar-refractivity contribution is 0.0537. The van der Waals surface area contributed by atoms with Gasteiger partial charge in [0.2, 0.25) is 0 Å². The minimum absolute atomic E-state index is 0.105. The number of amides is 2. The Hall–Kier alpha value is -1.52. The first-order valence-corrected chi connectivity index (χ1v) is 10.7. The maximum absolute atomic E-state index is 13.1. The number of likely N-dealkylation sites (tertiary alicyclic amines) is 1. The lowest BCUT2D eigenvalue weighted by Crippen LogP contribution is -2.61. The highest BCUT2D eigenvalue weighted by molar-refractivity contribution is 6.30. The summed E-state index contributed by atoms with van der Waals surface area (Å²) >= 11 is 5.99. The number of urea groups is 1. The SMILES string of the molecule is CCCCN1C=CC2(CCN(Cc3ccc(Cl)cc3)CC2)N(CCC)C1=O. The Morgan fingerprint density at radius 2 is 1.74 bits per heavy atom. The van der Waals surface area contributed by atoms with Crippen LogP contribution in [0, 0.1) is 0 Å². The molecule has 2 amide bonds. The molecule has 0 aromatic heterocycles. The van der Waals surface area contributed by atoms with Gasteiger partial charge in [0, 0.05) is 43.9 Å². The predicted molar refractivity (Wildman–Crippen MR) is 112 cm³/mol. The number of halogens is 1. The maximum Gasteiger partial charge on any atom is 0.324 e. The van der Waals surface area contributed by atoms with Crippen molar-refractivity contribution in [2.45, 2.75) is 58.0 Å². The van der Waals surface area contributed by atoms with Gasteiger partial charge in [0.05, 0.1) is 5.54 Å². The van der Waals surface area contributed by atoms with E-state index < -0.39 is 0 Å². The van der Waals surface area contributed by atoms with Crippen LogP contribution in [0.5, 0.6) is 0 Å². The number of hydrogen-bond acceptors (Lipinski definition) is 2. The van der Waals surface area contributed by atoms with Crippen molar-refractivity contribution in [2.75, 3.05) is 26.2 Å². The molecule has 4 nitrogen and oxygen atoms in total. The summed E-state index contributed by atoms with van der Waals surface area (Å²) in [5.41, 5.74) is 1.19. The fraction of sp³-hybridized carbons (Fsp3) is 0.591. The summed E-state index contributed by atoms with van der Waals surface area (Å²) in [5.74, 6) is 0. The highest BCUT2D eigenvalue weighted by Crippen LogP contribution is 2.35. The molecule has 3 rings (SSSR count). The van der Waals surface area contributed by atoms with Crippen molar-refractivity contribution in [3.05, 3.63) is 47.1 Å². The molecule has 0 N–H and O–H groups in total. The first-order valence-electron chi connectivity index (χ1n) is 10.3. The molecule has 0 radical (unpaired) electrons. The number of nitrogens with zero attached hydrogens (tertiary/aromatic N) is 3. The van der Waals surface area contributed by atoms with Gasteiger partial charge in [-0.2, -0.15) is 0 Å². The van der Waals surface area contributed by atoms with Crippen molar-refractivity contribution in [2.24, 2.45) is 0 Å². The fourth-order valence-corrected chi connectivity index (χ4v) is 4.28.